The second-order valence-electron chi connectivity index (χ2n) is 10.4. The van der Waals surface area contributed by atoms with Gasteiger partial charge in [0.05, 0.1) is 5.41 Å². The van der Waals surface area contributed by atoms with Crippen LogP contribution in [0.3, 0.4) is 0 Å². The zero-order valence-electron chi connectivity index (χ0n) is 19.7. The zero-order chi connectivity index (χ0) is 25.3. The van der Waals surface area contributed by atoms with Gasteiger partial charge in [0.25, 0.3) is 0 Å². The smallest absolute Gasteiger partial charge is 0.306 e. The van der Waals surface area contributed by atoms with E-state index in [9.17, 15) is 23.6 Å². The molecule has 4 rings (SSSR count). The number of ether oxygens (including phenoxy) is 1. The van der Waals surface area contributed by atoms with E-state index in [1.54, 1.807) is 20.8 Å². The molecule has 0 aromatic rings. The number of ketones is 2. The van der Waals surface area contributed by atoms with Gasteiger partial charge in [-0.1, -0.05) is 26.8 Å². The van der Waals surface area contributed by atoms with Crippen molar-refractivity contribution in [3.8, 4) is 0 Å². The molecule has 0 heterocycles. The van der Waals surface area contributed by atoms with E-state index in [0.29, 0.717) is 11.8 Å². The third-order valence-corrected chi connectivity index (χ3v) is 9.66. The summed E-state index contributed by atoms with van der Waals surface area (Å²) in [6.07, 6.45) is 1.29. The number of hydrogen-bond acceptors (Lipinski definition) is 6. The van der Waals surface area contributed by atoms with Crippen LogP contribution in [-0.2, 0) is 23.9 Å². The predicted molar refractivity (Wildman–Crippen MR) is 120 cm³/mol. The van der Waals surface area contributed by atoms with Crippen molar-refractivity contribution in [3.05, 3.63) is 23.8 Å². The molecule has 0 N–H and O–H groups in total. The Hall–Kier alpha value is -1.90. The molecule has 0 radical (unpaired) electrons. The monoisotopic (exact) mass is 498 g/mol. The van der Waals surface area contributed by atoms with Crippen LogP contribution >= 0.6 is 11.8 Å². The molecule has 0 aliphatic heterocycles. The minimum Gasteiger partial charge on any atom is -0.449 e. The number of Topliss-reactive ketones (excluding diaryl/α,β-unsaturated/α-hetero) is 1. The molecule has 5 nitrogen and oxygen atoms in total. The van der Waals surface area contributed by atoms with Gasteiger partial charge in [-0.3, -0.25) is 19.2 Å². The summed E-state index contributed by atoms with van der Waals surface area (Å²) in [4.78, 5) is 51.4. The van der Waals surface area contributed by atoms with E-state index in [-0.39, 0.29) is 24.8 Å². The summed E-state index contributed by atoms with van der Waals surface area (Å²) in [6.45, 7) is 6.28. The van der Waals surface area contributed by atoms with Crippen LogP contribution in [-0.4, -0.2) is 46.1 Å². The van der Waals surface area contributed by atoms with Crippen molar-refractivity contribution in [2.24, 2.45) is 28.6 Å². The maximum Gasteiger partial charge on any atom is 0.306 e. The molecule has 4 aliphatic rings. The van der Waals surface area contributed by atoms with E-state index >= 15 is 8.78 Å². The molecule has 0 saturated heterocycles. The van der Waals surface area contributed by atoms with Crippen molar-refractivity contribution in [1.29, 1.82) is 0 Å². The van der Waals surface area contributed by atoms with Crippen LogP contribution in [0.1, 0.15) is 53.4 Å². The van der Waals surface area contributed by atoms with Gasteiger partial charge in [-0.15, -0.1) is 0 Å². The molecule has 0 aromatic heterocycles. The Morgan fingerprint density at radius 2 is 1.88 bits per heavy atom. The summed E-state index contributed by atoms with van der Waals surface area (Å²) in [5.74, 6) is -4.38. The van der Waals surface area contributed by atoms with Crippen molar-refractivity contribution >= 4 is 34.4 Å². The first-order valence-corrected chi connectivity index (χ1v) is 12.6. The first-order valence-electron chi connectivity index (χ1n) is 11.6. The topological polar surface area (TPSA) is 77.5 Å². The number of fused-ring (bicyclic) bond motifs is 5. The Morgan fingerprint density at radius 1 is 1.21 bits per heavy atom. The van der Waals surface area contributed by atoms with Gasteiger partial charge < -0.3 is 4.74 Å². The summed E-state index contributed by atoms with van der Waals surface area (Å²) in [7, 11) is 0. The number of allylic oxidation sites excluding steroid dienone is 4. The van der Waals surface area contributed by atoms with Gasteiger partial charge in [0.2, 0.25) is 5.12 Å². The van der Waals surface area contributed by atoms with Crippen molar-refractivity contribution in [2.45, 2.75) is 70.8 Å². The molecule has 3 fully saturated rings. The molecule has 186 valence electrons. The van der Waals surface area contributed by atoms with Crippen LogP contribution < -0.4 is 0 Å². The number of esters is 1. The van der Waals surface area contributed by atoms with Crippen molar-refractivity contribution in [1.82, 2.24) is 0 Å². The molecule has 4 aliphatic carbocycles. The second-order valence-corrected chi connectivity index (χ2v) is 11.3. The van der Waals surface area contributed by atoms with Gasteiger partial charge in [0.15, 0.2) is 22.8 Å². The van der Waals surface area contributed by atoms with E-state index in [2.05, 4.69) is 0 Å². The third kappa shape index (κ3) is 2.94. The summed E-state index contributed by atoms with van der Waals surface area (Å²) >= 11 is 0.366. The summed E-state index contributed by atoms with van der Waals surface area (Å²) < 4.78 is 51.6. The number of carbonyl (C=O) groups is 4. The molecule has 0 aromatic carbocycles. The fraction of sp³-hybridized carbons (Fsp3) is 0.680. The predicted octanol–water partition coefficient (Wildman–Crippen LogP) is 4.64. The van der Waals surface area contributed by atoms with Crippen LogP contribution in [0.2, 0.25) is 0 Å². The molecule has 0 amide bonds. The highest BCUT2D eigenvalue weighted by molar-refractivity contribution is 8.13. The quantitative estimate of drug-likeness (QED) is 0.526. The molecule has 9 heteroatoms. The molecule has 34 heavy (non-hydrogen) atoms. The largest absolute Gasteiger partial charge is 0.449 e. The number of alkyl halides is 3. The Kier molecular flexibility index (Phi) is 5.98. The SMILES string of the molecule is CCC(=O)O[C@@]1(C(=O)SCF)[C@H](C)C[C@H]2[C@@H]3C[C@H](F)C4=CC(=O)C=C[C@]4(C)C3(F)C(=O)C[C@@]21C. The number of halogens is 3. The summed E-state index contributed by atoms with van der Waals surface area (Å²) in [5, 5.41) is -0.712. The highest BCUT2D eigenvalue weighted by Crippen LogP contribution is 2.71. The van der Waals surface area contributed by atoms with Crippen molar-refractivity contribution in [3.63, 3.8) is 0 Å². The van der Waals surface area contributed by atoms with E-state index in [1.807, 2.05) is 0 Å². The lowest BCUT2D eigenvalue weighted by molar-refractivity contribution is -0.200. The lowest BCUT2D eigenvalue weighted by Crippen LogP contribution is -2.69. The highest BCUT2D eigenvalue weighted by Gasteiger charge is 2.78. The molecule has 8 atom stereocenters. The minimum absolute atomic E-state index is 0.0369. The van der Waals surface area contributed by atoms with E-state index in [0.717, 1.165) is 12.2 Å². The van der Waals surface area contributed by atoms with Gasteiger partial charge in [-0.25, -0.2) is 13.2 Å². The van der Waals surface area contributed by atoms with Gasteiger partial charge >= 0.3 is 5.97 Å². The van der Waals surface area contributed by atoms with Gasteiger partial charge in [0, 0.05) is 30.1 Å². The lowest BCUT2D eigenvalue weighted by Gasteiger charge is -2.60. The number of carbonyl (C=O) groups excluding carboxylic acids is 4. The molecule has 3 saturated carbocycles. The Balaban J connectivity index is 1.88. The van der Waals surface area contributed by atoms with Crippen LogP contribution in [0.5, 0.6) is 0 Å². The summed E-state index contributed by atoms with van der Waals surface area (Å²) in [6, 6.07) is -1.04. The second kappa shape index (κ2) is 8.07. The molecule has 0 bridgehead atoms. The van der Waals surface area contributed by atoms with Crippen LogP contribution in [0.15, 0.2) is 23.8 Å². The summed E-state index contributed by atoms with van der Waals surface area (Å²) in [5.41, 5.74) is -7.36. The van der Waals surface area contributed by atoms with Crippen LogP contribution in [0, 0.1) is 28.6 Å². The highest BCUT2D eigenvalue weighted by atomic mass is 32.2. The van der Waals surface area contributed by atoms with E-state index in [4.69, 9.17) is 4.74 Å². The fourth-order valence-electron chi connectivity index (χ4n) is 7.36. The Morgan fingerprint density at radius 3 is 2.50 bits per heavy atom. The van der Waals surface area contributed by atoms with Crippen LogP contribution in [0.25, 0.3) is 0 Å². The number of thioether (sulfide) groups is 1. The van der Waals surface area contributed by atoms with Gasteiger partial charge in [0.1, 0.15) is 12.2 Å². The third-order valence-electron chi connectivity index (χ3n) is 8.98. The molecular formula is C25H29F3O5S. The number of rotatable bonds is 4. The maximum absolute atomic E-state index is 17.1. The molecule has 0 spiro atoms. The van der Waals surface area contributed by atoms with E-state index in [1.165, 1.54) is 13.0 Å². The van der Waals surface area contributed by atoms with E-state index < -0.39 is 81.1 Å². The first kappa shape index (κ1) is 25.2. The Bertz CT molecular complexity index is 1030. The zero-order valence-corrected chi connectivity index (χ0v) is 20.5. The average Bonchev–Trinajstić information content (AvgIpc) is 2.99. The first-order chi connectivity index (χ1) is 15.8. The number of hydrogen-bond donors (Lipinski definition) is 0. The molecular weight excluding hydrogens is 469 g/mol. The fourth-order valence-corrected chi connectivity index (χ4v) is 8.15. The van der Waals surface area contributed by atoms with Crippen LogP contribution in [0.4, 0.5) is 13.2 Å². The average molecular weight is 499 g/mol. The van der Waals surface area contributed by atoms with Gasteiger partial charge in [-0.05, 0) is 55.2 Å². The minimum atomic E-state index is -2.50. The standard InChI is InChI=1S/C25H29F3O5S/c1-5-20(31)33-25(21(32)34-12-26)13(2)8-15-16-10-18(27)17-9-14(29)6-7-22(17,3)24(16,28)19(30)11-23(15,25)4/h6-7,9,13,15-16,18H,5,8,10-12H2,1-4H3/t13-,15+,16+,18+,22+,23+,24?,25-/m1/s1. The van der Waals surface area contributed by atoms with Gasteiger partial charge in [-0.2, -0.15) is 0 Å². The van der Waals surface area contributed by atoms with Crippen molar-refractivity contribution < 1.29 is 37.1 Å². The molecule has 1 unspecified atom stereocenters. The lowest BCUT2D eigenvalue weighted by atomic mass is 9.45. The van der Waals surface area contributed by atoms with Crippen molar-refractivity contribution in [2.75, 3.05) is 6.01 Å². The normalized spacial score (nSPS) is 45.2. The maximum atomic E-state index is 17.1. The Labute approximate surface area is 200 Å².